The summed E-state index contributed by atoms with van der Waals surface area (Å²) in [6.07, 6.45) is 0. The van der Waals surface area contributed by atoms with Crippen molar-refractivity contribution in [2.24, 2.45) is 11.5 Å². The van der Waals surface area contributed by atoms with E-state index in [0.29, 0.717) is 0 Å². The summed E-state index contributed by atoms with van der Waals surface area (Å²) in [5.74, 6) is 0. The summed E-state index contributed by atoms with van der Waals surface area (Å²) >= 11 is 4.09. The van der Waals surface area contributed by atoms with E-state index in [9.17, 15) is 0 Å². The Morgan fingerprint density at radius 2 is 1.36 bits per heavy atom. The van der Waals surface area contributed by atoms with Gasteiger partial charge in [-0.05, 0) is 12.2 Å². The average Bonchev–Trinajstić information content (AvgIpc) is 1.66. The van der Waals surface area contributed by atoms with Crippen molar-refractivity contribution in [3.8, 4) is 0 Å². The van der Waals surface area contributed by atoms with Crippen LogP contribution in [0.15, 0.2) is 13.2 Å². The van der Waals surface area contributed by atoms with E-state index in [2.05, 4.69) is 36.8 Å². The zero-order chi connectivity index (χ0) is 9.15. The number of rotatable bonds is 0. The van der Waals surface area contributed by atoms with Crippen molar-refractivity contribution in [1.82, 2.24) is 0 Å². The Hall–Kier alpha value is -0.630. The van der Waals surface area contributed by atoms with Crippen molar-refractivity contribution >= 4 is 17.3 Å². The molecule has 4 N–H and O–H groups in total. The zero-order valence-electron chi connectivity index (χ0n) is 5.45. The smallest absolute Gasteiger partial charge is 0.377 e. The molecular weight excluding hydrogens is 266 g/mol. The second kappa shape index (κ2) is 22.8. The van der Waals surface area contributed by atoms with Crippen LogP contribution in [0.3, 0.4) is 0 Å². The van der Waals surface area contributed by atoms with Crippen LogP contribution >= 0.6 is 12.2 Å². The summed E-state index contributed by atoms with van der Waals surface area (Å²) in [7, 11) is 0. The van der Waals surface area contributed by atoms with E-state index < -0.39 is 5.09 Å². The molecule has 0 aromatic carbocycles. The maximum absolute atomic E-state index is 8.25. The predicted octanol–water partition coefficient (Wildman–Crippen LogP) is -0.251. The molecule has 0 amide bonds. The van der Waals surface area contributed by atoms with Gasteiger partial charge in [-0.15, -0.1) is 13.2 Å². The summed E-state index contributed by atoms with van der Waals surface area (Å²) in [4.78, 5) is 8.25. The van der Waals surface area contributed by atoms with Gasteiger partial charge in [-0.2, -0.15) is 0 Å². The van der Waals surface area contributed by atoms with Crippen LogP contribution in [0.1, 0.15) is 0 Å². The van der Waals surface area contributed by atoms with Crippen molar-refractivity contribution in [2.45, 2.75) is 0 Å². The fourth-order valence-electron chi connectivity index (χ4n) is 0. The number of hydrogen-bond donors (Lipinski definition) is 2. The molecule has 0 spiro atoms. The minimum absolute atomic E-state index is 0. The van der Waals surface area contributed by atoms with Gasteiger partial charge in [0.05, 0.1) is 5.09 Å². The van der Waals surface area contributed by atoms with Gasteiger partial charge in [0, 0.05) is 0 Å². The summed E-state index contributed by atoms with van der Waals surface area (Å²) < 4.78 is 0. The summed E-state index contributed by atoms with van der Waals surface area (Å²) in [5, 5.41) is 14.8. The van der Waals surface area contributed by atoms with Crippen LogP contribution in [0, 0.1) is 15.3 Å². The molecule has 0 radical (unpaired) electrons. The molecule has 0 bridgehead atoms. The van der Waals surface area contributed by atoms with E-state index in [0.717, 1.165) is 0 Å². The van der Waals surface area contributed by atoms with Crippen LogP contribution in [0.2, 0.25) is 0 Å². The van der Waals surface area contributed by atoms with E-state index in [-0.39, 0.29) is 27.5 Å². The number of thiocarbonyl (C=S) groups is 1. The van der Waals surface area contributed by atoms with Gasteiger partial charge in [-0.3, -0.25) is 0 Å². The van der Waals surface area contributed by atoms with Crippen LogP contribution in [-0.2, 0) is 22.4 Å². The first-order chi connectivity index (χ1) is 4.46. The maximum Gasteiger partial charge on any atom is 1.00 e. The maximum atomic E-state index is 8.25. The monoisotopic (exact) mass is 273 g/mol. The van der Waals surface area contributed by atoms with E-state index in [1.165, 1.54) is 0 Å². The minimum atomic E-state index is -1.75. The Balaban J connectivity index is -0.0000000339. The molecule has 0 saturated carbocycles. The second-order valence-corrected chi connectivity index (χ2v) is 1.10. The number of nitrogens with zero attached hydrogens (tertiary/aromatic N) is 1. The molecule has 0 fully saturated rings. The first kappa shape index (κ1) is 22.4. The van der Waals surface area contributed by atoms with E-state index in [1.807, 2.05) is 0 Å². The Morgan fingerprint density at radius 1 is 1.36 bits per heavy atom. The molecule has 0 aromatic rings. The van der Waals surface area contributed by atoms with Gasteiger partial charge in [0.2, 0.25) is 0 Å². The predicted molar refractivity (Wildman–Crippen MR) is 42.6 cm³/mol. The molecule has 6 nitrogen and oxygen atoms in total. The van der Waals surface area contributed by atoms with Crippen molar-refractivity contribution in [3.63, 3.8) is 0 Å². The van der Waals surface area contributed by atoms with Crippen molar-refractivity contribution in [1.29, 1.82) is 0 Å². The Labute approximate surface area is 84.9 Å². The molecule has 0 aliphatic heterocycles. The van der Waals surface area contributed by atoms with Gasteiger partial charge in [-0.1, -0.05) is 0 Å². The Morgan fingerprint density at radius 3 is 1.36 bits per heavy atom. The average molecular weight is 274 g/mol. The third-order valence-corrected chi connectivity index (χ3v) is 0. The third kappa shape index (κ3) is 1280. The van der Waals surface area contributed by atoms with E-state index >= 15 is 0 Å². The van der Waals surface area contributed by atoms with Gasteiger partial charge < -0.3 is 26.8 Å². The fourth-order valence-corrected chi connectivity index (χ4v) is 0. The largest absolute Gasteiger partial charge is 1.00 e. The minimum Gasteiger partial charge on any atom is -0.377 e. The van der Waals surface area contributed by atoms with Gasteiger partial charge >= 0.3 is 22.4 Å². The molecule has 0 aromatic heterocycles. The quantitative estimate of drug-likeness (QED) is 0.207. The van der Waals surface area contributed by atoms with Crippen LogP contribution < -0.4 is 11.5 Å². The molecule has 11 heavy (non-hydrogen) atoms. The molecule has 0 aliphatic carbocycles. The number of hydrogen-bond acceptors (Lipinski definition) is 4. The molecule has 0 atom stereocenters. The normalized spacial score (nSPS) is 4.73. The molecule has 0 rings (SSSR count). The first-order valence-electron chi connectivity index (χ1n) is 1.83. The van der Waals surface area contributed by atoms with Crippen LogP contribution in [0.25, 0.3) is 0 Å². The fraction of sp³-hybridized carbons (Fsp3) is 0. The third-order valence-electron chi connectivity index (χ3n) is 0. The second-order valence-electron chi connectivity index (χ2n) is 0.626. The summed E-state index contributed by atoms with van der Waals surface area (Å²) in [5.41, 5.74) is 9.24. The Kier molecular flexibility index (Phi) is 46.4. The van der Waals surface area contributed by atoms with Gasteiger partial charge in [0.15, 0.2) is 5.11 Å². The Bertz CT molecular complexity index is 92.0. The molecule has 0 unspecified atom stereocenters. The SMILES string of the molecule is C=C.NC(N)=S.O=[N+]([O-])[O-].[Ag+]. The topological polar surface area (TPSA) is 118 Å². The van der Waals surface area contributed by atoms with Gasteiger partial charge in [0.1, 0.15) is 0 Å². The van der Waals surface area contributed by atoms with Gasteiger partial charge in [0.25, 0.3) is 0 Å². The van der Waals surface area contributed by atoms with Crippen LogP contribution in [0.4, 0.5) is 0 Å². The standard InChI is InChI=1S/C2H4.CH4N2S.Ag.NO3/c1-2;2-1(3)4;;2-1(3)4/h1-2H2;(H4,2,3,4);;/q;;+1;-1. The molecule has 0 saturated heterocycles. The van der Waals surface area contributed by atoms with E-state index in [4.69, 9.17) is 15.3 Å². The molecule has 70 valence electrons. The molecular formula is C3H8AgN3O3S. The first-order valence-corrected chi connectivity index (χ1v) is 2.24. The summed E-state index contributed by atoms with van der Waals surface area (Å²) in [6.45, 7) is 6.00. The van der Waals surface area contributed by atoms with Crippen molar-refractivity contribution < 1.29 is 27.5 Å². The van der Waals surface area contributed by atoms with Crippen LogP contribution in [-0.4, -0.2) is 10.2 Å². The zero-order valence-corrected chi connectivity index (χ0v) is 7.75. The van der Waals surface area contributed by atoms with Gasteiger partial charge in [-0.25, -0.2) is 0 Å². The van der Waals surface area contributed by atoms with Crippen molar-refractivity contribution in [3.05, 3.63) is 28.5 Å². The number of nitrogens with two attached hydrogens (primary N) is 2. The van der Waals surface area contributed by atoms with Crippen LogP contribution in [0.5, 0.6) is 0 Å². The van der Waals surface area contributed by atoms with E-state index in [1.54, 1.807) is 0 Å². The molecule has 0 heterocycles. The summed E-state index contributed by atoms with van der Waals surface area (Å²) in [6, 6.07) is 0. The molecule has 0 aliphatic rings. The van der Waals surface area contributed by atoms with Crippen molar-refractivity contribution in [2.75, 3.05) is 0 Å². The molecule has 8 heteroatoms.